The van der Waals surface area contributed by atoms with Gasteiger partial charge in [0.15, 0.2) is 0 Å². The van der Waals surface area contributed by atoms with E-state index < -0.39 is 0 Å². The lowest BCUT2D eigenvalue weighted by Crippen LogP contribution is -2.65. The second-order valence-electron chi connectivity index (χ2n) is 5.35. The molecule has 18 heavy (non-hydrogen) atoms. The summed E-state index contributed by atoms with van der Waals surface area (Å²) in [6.45, 7) is 1.80. The molecule has 0 bridgehead atoms. The highest BCUT2D eigenvalue weighted by Gasteiger charge is 2.41. The minimum Gasteiger partial charge on any atom is -0.350 e. The SMILES string of the molecule is Cl.O=C1CN(C(=O)C2CNC2)C2CCCCC2N1. The average Bonchev–Trinajstić information content (AvgIpc) is 2.25. The number of hydrogen-bond acceptors (Lipinski definition) is 3. The first kappa shape index (κ1) is 13.6. The van der Waals surface area contributed by atoms with Crippen molar-refractivity contribution in [1.82, 2.24) is 15.5 Å². The number of nitrogens with zero attached hydrogens (tertiary/aromatic N) is 1. The van der Waals surface area contributed by atoms with Gasteiger partial charge in [0.25, 0.3) is 0 Å². The first-order valence-electron chi connectivity index (χ1n) is 6.56. The molecule has 102 valence electrons. The summed E-state index contributed by atoms with van der Waals surface area (Å²) in [7, 11) is 0. The molecule has 0 aromatic carbocycles. The second kappa shape index (κ2) is 5.45. The number of halogens is 1. The van der Waals surface area contributed by atoms with Crippen molar-refractivity contribution >= 4 is 24.2 Å². The van der Waals surface area contributed by atoms with Crippen LogP contribution in [0.4, 0.5) is 0 Å². The van der Waals surface area contributed by atoms with Crippen LogP contribution < -0.4 is 10.6 Å². The van der Waals surface area contributed by atoms with E-state index in [1.807, 2.05) is 4.90 Å². The molecule has 5 nitrogen and oxygen atoms in total. The molecule has 1 saturated carbocycles. The first-order chi connectivity index (χ1) is 8.25. The summed E-state index contributed by atoms with van der Waals surface area (Å²) in [5, 5.41) is 6.15. The van der Waals surface area contributed by atoms with Gasteiger partial charge in [-0.05, 0) is 12.8 Å². The maximum absolute atomic E-state index is 12.3. The Hall–Kier alpha value is -0.810. The predicted octanol–water partition coefficient (Wildman–Crippen LogP) is -0.103. The van der Waals surface area contributed by atoms with E-state index in [-0.39, 0.29) is 48.8 Å². The number of piperazine rings is 1. The summed E-state index contributed by atoms with van der Waals surface area (Å²) < 4.78 is 0. The number of carbonyl (C=O) groups excluding carboxylic acids is 2. The van der Waals surface area contributed by atoms with Crippen LogP contribution in [-0.2, 0) is 9.59 Å². The number of rotatable bonds is 1. The van der Waals surface area contributed by atoms with Gasteiger partial charge in [0.1, 0.15) is 0 Å². The predicted molar refractivity (Wildman–Crippen MR) is 69.5 cm³/mol. The fourth-order valence-electron chi connectivity index (χ4n) is 3.12. The molecule has 3 rings (SSSR count). The van der Waals surface area contributed by atoms with Gasteiger partial charge < -0.3 is 15.5 Å². The van der Waals surface area contributed by atoms with Gasteiger partial charge in [-0.25, -0.2) is 0 Å². The van der Waals surface area contributed by atoms with Crippen molar-refractivity contribution in [2.75, 3.05) is 19.6 Å². The van der Waals surface area contributed by atoms with Crippen LogP contribution in [0.15, 0.2) is 0 Å². The molecule has 2 saturated heterocycles. The summed E-state index contributed by atoms with van der Waals surface area (Å²) in [5.74, 6) is 0.285. The third kappa shape index (κ3) is 2.34. The maximum atomic E-state index is 12.3. The highest BCUT2D eigenvalue weighted by Crippen LogP contribution is 2.27. The zero-order chi connectivity index (χ0) is 11.8. The van der Waals surface area contributed by atoms with Crippen molar-refractivity contribution in [3.05, 3.63) is 0 Å². The van der Waals surface area contributed by atoms with Gasteiger partial charge in [-0.3, -0.25) is 9.59 Å². The molecule has 0 aromatic rings. The van der Waals surface area contributed by atoms with Crippen molar-refractivity contribution in [1.29, 1.82) is 0 Å². The third-order valence-electron chi connectivity index (χ3n) is 4.20. The molecule has 2 amide bonds. The molecule has 2 atom stereocenters. The Labute approximate surface area is 113 Å². The van der Waals surface area contributed by atoms with Gasteiger partial charge in [-0.2, -0.15) is 0 Å². The Kier molecular flexibility index (Phi) is 4.12. The Morgan fingerprint density at radius 3 is 2.61 bits per heavy atom. The van der Waals surface area contributed by atoms with Gasteiger partial charge in [0.2, 0.25) is 11.8 Å². The van der Waals surface area contributed by atoms with Crippen LogP contribution in [-0.4, -0.2) is 48.4 Å². The van der Waals surface area contributed by atoms with Crippen LogP contribution >= 0.6 is 12.4 Å². The zero-order valence-electron chi connectivity index (χ0n) is 10.4. The fourth-order valence-corrected chi connectivity index (χ4v) is 3.12. The molecule has 2 N–H and O–H groups in total. The summed E-state index contributed by atoms with van der Waals surface area (Å²) in [4.78, 5) is 25.8. The molecule has 3 aliphatic rings. The standard InChI is InChI=1S/C12H19N3O2.ClH/c16-11-7-15(12(17)8-5-13-6-8)10-4-2-1-3-9(10)14-11;/h8-10,13H,1-7H2,(H,14,16);1H. The van der Waals surface area contributed by atoms with Crippen LogP contribution in [0.2, 0.25) is 0 Å². The van der Waals surface area contributed by atoms with Gasteiger partial charge in [0.05, 0.1) is 18.5 Å². The highest BCUT2D eigenvalue weighted by atomic mass is 35.5. The monoisotopic (exact) mass is 273 g/mol. The van der Waals surface area contributed by atoms with Crippen LogP contribution in [0, 0.1) is 5.92 Å². The number of hydrogen-bond donors (Lipinski definition) is 2. The minimum atomic E-state index is 0. The fraction of sp³-hybridized carbons (Fsp3) is 0.833. The maximum Gasteiger partial charge on any atom is 0.239 e. The van der Waals surface area contributed by atoms with Crippen molar-refractivity contribution in [2.24, 2.45) is 5.92 Å². The number of fused-ring (bicyclic) bond motifs is 1. The molecule has 0 spiro atoms. The van der Waals surface area contributed by atoms with E-state index in [0.717, 1.165) is 32.4 Å². The smallest absolute Gasteiger partial charge is 0.239 e. The molecule has 2 heterocycles. The Morgan fingerprint density at radius 2 is 1.94 bits per heavy atom. The minimum absolute atomic E-state index is 0. The van der Waals surface area contributed by atoms with E-state index in [4.69, 9.17) is 0 Å². The van der Waals surface area contributed by atoms with Crippen molar-refractivity contribution in [3.8, 4) is 0 Å². The first-order valence-corrected chi connectivity index (χ1v) is 6.56. The number of carbonyl (C=O) groups is 2. The van der Waals surface area contributed by atoms with Gasteiger partial charge >= 0.3 is 0 Å². The van der Waals surface area contributed by atoms with Crippen molar-refractivity contribution in [3.63, 3.8) is 0 Å². The molecule has 3 fully saturated rings. The third-order valence-corrected chi connectivity index (χ3v) is 4.20. The summed E-state index contributed by atoms with van der Waals surface area (Å²) >= 11 is 0. The molecule has 0 aromatic heterocycles. The van der Waals surface area contributed by atoms with Crippen molar-refractivity contribution < 1.29 is 9.59 Å². The lowest BCUT2D eigenvalue weighted by atomic mass is 9.86. The van der Waals surface area contributed by atoms with Crippen LogP contribution in [0.5, 0.6) is 0 Å². The Morgan fingerprint density at radius 1 is 1.22 bits per heavy atom. The van der Waals surface area contributed by atoms with Gasteiger partial charge in [-0.1, -0.05) is 12.8 Å². The quantitative estimate of drug-likeness (QED) is 0.701. The van der Waals surface area contributed by atoms with Crippen LogP contribution in [0.1, 0.15) is 25.7 Å². The average molecular weight is 274 g/mol. The Balaban J connectivity index is 0.00000120. The summed E-state index contributed by atoms with van der Waals surface area (Å²) in [6.07, 6.45) is 4.39. The molecule has 0 radical (unpaired) electrons. The van der Waals surface area contributed by atoms with E-state index >= 15 is 0 Å². The largest absolute Gasteiger partial charge is 0.350 e. The lowest BCUT2D eigenvalue weighted by Gasteiger charge is -2.46. The van der Waals surface area contributed by atoms with Crippen molar-refractivity contribution in [2.45, 2.75) is 37.8 Å². The van der Waals surface area contributed by atoms with Crippen LogP contribution in [0.3, 0.4) is 0 Å². The molecule has 6 heteroatoms. The van der Waals surface area contributed by atoms with Gasteiger partial charge in [0, 0.05) is 19.1 Å². The van der Waals surface area contributed by atoms with E-state index in [9.17, 15) is 9.59 Å². The van der Waals surface area contributed by atoms with E-state index in [0.29, 0.717) is 0 Å². The number of amides is 2. The second-order valence-corrected chi connectivity index (χ2v) is 5.35. The molecule has 1 aliphatic carbocycles. The summed E-state index contributed by atoms with van der Waals surface area (Å²) in [5.41, 5.74) is 0. The summed E-state index contributed by atoms with van der Waals surface area (Å²) in [6, 6.07) is 0.441. The van der Waals surface area contributed by atoms with E-state index in [1.54, 1.807) is 0 Å². The van der Waals surface area contributed by atoms with E-state index in [2.05, 4.69) is 10.6 Å². The zero-order valence-corrected chi connectivity index (χ0v) is 11.2. The Bertz CT molecular complexity index is 346. The lowest BCUT2D eigenvalue weighted by molar-refractivity contribution is -0.148. The van der Waals surface area contributed by atoms with E-state index in [1.165, 1.54) is 6.42 Å². The topological polar surface area (TPSA) is 61.4 Å². The van der Waals surface area contributed by atoms with Gasteiger partial charge in [-0.15, -0.1) is 12.4 Å². The molecular weight excluding hydrogens is 254 g/mol. The van der Waals surface area contributed by atoms with Crippen LogP contribution in [0.25, 0.3) is 0 Å². The normalized spacial score (nSPS) is 31.8. The highest BCUT2D eigenvalue weighted by molar-refractivity contribution is 5.88. The molecule has 2 aliphatic heterocycles. The molecular formula is C12H20ClN3O2. The number of nitrogens with one attached hydrogen (secondary N) is 2. The molecule has 2 unspecified atom stereocenters.